The normalized spacial score (nSPS) is 18.1. The molecular weight excluding hydrogens is 196 g/mol. The predicted octanol–water partition coefficient (Wildman–Crippen LogP) is -0.0863. The number of hydrogen-bond donors (Lipinski definition) is 2. The Kier molecular flexibility index (Phi) is 4.08. The molecule has 0 saturated carbocycles. The van der Waals surface area contributed by atoms with Crippen LogP contribution in [0.1, 0.15) is 19.8 Å². The topological polar surface area (TPSA) is 73.8 Å². The van der Waals surface area contributed by atoms with Crippen LogP contribution in [-0.4, -0.2) is 42.9 Å². The number of guanidine groups is 1. The number of hydrogen-bond acceptors (Lipinski definition) is 2. The minimum atomic E-state index is -0.410. The molecule has 84 valence electrons. The lowest BCUT2D eigenvalue weighted by atomic mass is 10.3. The molecule has 15 heavy (non-hydrogen) atoms. The Morgan fingerprint density at radius 1 is 1.67 bits per heavy atom. The number of carbonyl (C=O) groups excluding carboxylic acids is 2. The molecule has 0 aromatic rings. The van der Waals surface area contributed by atoms with Crippen molar-refractivity contribution in [3.05, 3.63) is 0 Å². The highest BCUT2D eigenvalue weighted by Gasteiger charge is 2.21. The van der Waals surface area contributed by atoms with Gasteiger partial charge in [-0.25, -0.2) is 4.79 Å². The van der Waals surface area contributed by atoms with E-state index in [9.17, 15) is 9.59 Å². The molecular formula is C9H16N4O2. The zero-order valence-electron chi connectivity index (χ0n) is 9.04. The summed E-state index contributed by atoms with van der Waals surface area (Å²) in [6, 6.07) is -0.410. The standard InChI is InChI=1S/C9H16N4O2/c1-3-4-5-10-9(15)12-8-11-7(14)6-13(8)2/h3-6H2,1-2H3,(H2,10,11,12,14,15). The first-order chi connectivity index (χ1) is 7.13. The quantitative estimate of drug-likeness (QED) is 0.642. The van der Waals surface area contributed by atoms with E-state index in [-0.39, 0.29) is 12.5 Å². The average molecular weight is 212 g/mol. The number of carbonyl (C=O) groups is 2. The van der Waals surface area contributed by atoms with E-state index >= 15 is 0 Å². The van der Waals surface area contributed by atoms with E-state index in [4.69, 9.17) is 0 Å². The number of aliphatic imine (C=N–C) groups is 1. The van der Waals surface area contributed by atoms with Gasteiger partial charge in [0, 0.05) is 13.6 Å². The van der Waals surface area contributed by atoms with Gasteiger partial charge < -0.3 is 10.2 Å². The molecule has 0 unspecified atom stereocenters. The molecule has 1 aliphatic heterocycles. The second kappa shape index (κ2) is 5.33. The molecule has 3 amide bonds. The molecule has 0 atom stereocenters. The van der Waals surface area contributed by atoms with Crippen LogP contribution >= 0.6 is 0 Å². The molecule has 0 aromatic heterocycles. The van der Waals surface area contributed by atoms with Gasteiger partial charge in [-0.15, -0.1) is 0 Å². The summed E-state index contributed by atoms with van der Waals surface area (Å²) >= 11 is 0. The molecule has 0 spiro atoms. The fourth-order valence-electron chi connectivity index (χ4n) is 1.17. The molecule has 0 bridgehead atoms. The summed E-state index contributed by atoms with van der Waals surface area (Å²) in [6.45, 7) is 2.91. The Bertz CT molecular complexity index is 288. The van der Waals surface area contributed by atoms with Crippen molar-refractivity contribution in [2.24, 2.45) is 4.99 Å². The van der Waals surface area contributed by atoms with E-state index in [0.29, 0.717) is 12.5 Å². The van der Waals surface area contributed by atoms with Gasteiger partial charge in [0.05, 0.1) is 6.54 Å². The van der Waals surface area contributed by atoms with Gasteiger partial charge in [-0.2, -0.15) is 4.99 Å². The highest BCUT2D eigenvalue weighted by atomic mass is 16.2. The third kappa shape index (κ3) is 3.57. The fraction of sp³-hybridized carbons (Fsp3) is 0.667. The number of nitrogens with one attached hydrogen (secondary N) is 2. The summed E-state index contributed by atoms with van der Waals surface area (Å²) in [5.41, 5.74) is 0. The summed E-state index contributed by atoms with van der Waals surface area (Å²) < 4.78 is 0. The molecule has 1 saturated heterocycles. The molecule has 2 N–H and O–H groups in total. The van der Waals surface area contributed by atoms with Crippen LogP contribution in [0.15, 0.2) is 4.99 Å². The average Bonchev–Trinajstić information content (AvgIpc) is 2.45. The molecule has 1 heterocycles. The maximum Gasteiger partial charge on any atom is 0.344 e. The van der Waals surface area contributed by atoms with Crippen LogP contribution in [0.25, 0.3) is 0 Å². The Labute approximate surface area is 88.7 Å². The van der Waals surface area contributed by atoms with Crippen molar-refractivity contribution in [1.29, 1.82) is 0 Å². The zero-order chi connectivity index (χ0) is 11.3. The molecule has 6 nitrogen and oxygen atoms in total. The second-order valence-electron chi connectivity index (χ2n) is 3.43. The Hall–Kier alpha value is -1.59. The van der Waals surface area contributed by atoms with Crippen molar-refractivity contribution in [3.63, 3.8) is 0 Å². The van der Waals surface area contributed by atoms with Crippen LogP contribution in [-0.2, 0) is 4.79 Å². The highest BCUT2D eigenvalue weighted by Crippen LogP contribution is 1.94. The molecule has 1 fully saturated rings. The first kappa shape index (κ1) is 11.5. The van der Waals surface area contributed by atoms with Gasteiger partial charge in [0.15, 0.2) is 0 Å². The summed E-state index contributed by atoms with van der Waals surface area (Å²) in [5.74, 6) is 0.173. The van der Waals surface area contributed by atoms with Crippen molar-refractivity contribution in [2.75, 3.05) is 20.1 Å². The van der Waals surface area contributed by atoms with Gasteiger partial charge in [0.2, 0.25) is 11.9 Å². The number of amides is 3. The van der Waals surface area contributed by atoms with E-state index in [2.05, 4.69) is 15.6 Å². The first-order valence-corrected chi connectivity index (χ1v) is 5.01. The Morgan fingerprint density at radius 3 is 2.93 bits per heavy atom. The molecule has 6 heteroatoms. The maximum absolute atomic E-state index is 11.2. The van der Waals surface area contributed by atoms with Crippen LogP contribution < -0.4 is 10.6 Å². The molecule has 1 rings (SSSR count). The van der Waals surface area contributed by atoms with Gasteiger partial charge in [-0.3, -0.25) is 10.1 Å². The van der Waals surface area contributed by atoms with Crippen molar-refractivity contribution in [3.8, 4) is 0 Å². The van der Waals surface area contributed by atoms with Crippen molar-refractivity contribution in [1.82, 2.24) is 15.5 Å². The second-order valence-corrected chi connectivity index (χ2v) is 3.43. The van der Waals surface area contributed by atoms with E-state index in [0.717, 1.165) is 12.8 Å². The van der Waals surface area contributed by atoms with Crippen LogP contribution in [0.5, 0.6) is 0 Å². The SMILES string of the molecule is CCCCNC(=O)N=C1NC(=O)CN1C. The lowest BCUT2D eigenvalue weighted by Gasteiger charge is -2.07. The maximum atomic E-state index is 11.2. The fourth-order valence-corrected chi connectivity index (χ4v) is 1.17. The molecule has 0 radical (unpaired) electrons. The number of likely N-dealkylation sites (N-methyl/N-ethyl adjacent to an activating group) is 1. The third-order valence-electron chi connectivity index (χ3n) is 2.01. The minimum Gasteiger partial charge on any atom is -0.336 e. The lowest BCUT2D eigenvalue weighted by Crippen LogP contribution is -2.31. The minimum absolute atomic E-state index is 0.141. The van der Waals surface area contributed by atoms with Gasteiger partial charge >= 0.3 is 6.03 Å². The summed E-state index contributed by atoms with van der Waals surface area (Å²) in [6.07, 6.45) is 1.95. The van der Waals surface area contributed by atoms with Gasteiger partial charge in [0.25, 0.3) is 0 Å². The van der Waals surface area contributed by atoms with Crippen LogP contribution in [0, 0.1) is 0 Å². The molecule has 0 aliphatic carbocycles. The summed E-state index contributed by atoms with van der Waals surface area (Å²) in [7, 11) is 1.70. The van der Waals surface area contributed by atoms with Crippen molar-refractivity contribution in [2.45, 2.75) is 19.8 Å². The monoisotopic (exact) mass is 212 g/mol. The first-order valence-electron chi connectivity index (χ1n) is 5.01. The number of urea groups is 1. The summed E-state index contributed by atoms with van der Waals surface area (Å²) in [4.78, 5) is 27.5. The Balaban J connectivity index is 2.41. The van der Waals surface area contributed by atoms with E-state index in [1.165, 1.54) is 0 Å². The smallest absolute Gasteiger partial charge is 0.336 e. The highest BCUT2D eigenvalue weighted by molar-refractivity contribution is 6.07. The lowest BCUT2D eigenvalue weighted by molar-refractivity contribution is -0.118. The Morgan fingerprint density at radius 2 is 2.40 bits per heavy atom. The third-order valence-corrected chi connectivity index (χ3v) is 2.01. The molecule has 1 aliphatic rings. The number of nitrogens with zero attached hydrogens (tertiary/aromatic N) is 2. The van der Waals surface area contributed by atoms with E-state index < -0.39 is 6.03 Å². The van der Waals surface area contributed by atoms with E-state index in [1.807, 2.05) is 6.92 Å². The zero-order valence-corrected chi connectivity index (χ0v) is 9.04. The number of rotatable bonds is 3. The van der Waals surface area contributed by atoms with Gasteiger partial charge in [-0.1, -0.05) is 13.3 Å². The number of unbranched alkanes of at least 4 members (excludes halogenated alkanes) is 1. The van der Waals surface area contributed by atoms with Gasteiger partial charge in [0.1, 0.15) is 0 Å². The van der Waals surface area contributed by atoms with Crippen LogP contribution in [0.2, 0.25) is 0 Å². The van der Waals surface area contributed by atoms with Gasteiger partial charge in [-0.05, 0) is 6.42 Å². The summed E-state index contributed by atoms with van der Waals surface area (Å²) in [5, 5.41) is 5.14. The van der Waals surface area contributed by atoms with Crippen molar-refractivity contribution >= 4 is 17.9 Å². The van der Waals surface area contributed by atoms with Crippen LogP contribution in [0.4, 0.5) is 4.79 Å². The molecule has 0 aromatic carbocycles. The predicted molar refractivity (Wildman–Crippen MR) is 56.5 cm³/mol. The van der Waals surface area contributed by atoms with Crippen LogP contribution in [0.3, 0.4) is 0 Å². The van der Waals surface area contributed by atoms with E-state index in [1.54, 1.807) is 11.9 Å². The van der Waals surface area contributed by atoms with Crippen molar-refractivity contribution < 1.29 is 9.59 Å². The largest absolute Gasteiger partial charge is 0.344 e.